The Labute approximate surface area is 92.4 Å². The number of piperazine rings is 1. The third kappa shape index (κ3) is 3.18. The fraction of sp³-hybridized carbons (Fsp3) is 0.909. The van der Waals surface area contributed by atoms with Crippen molar-refractivity contribution in [3.63, 3.8) is 0 Å². The van der Waals surface area contributed by atoms with Crippen LogP contribution in [0.4, 0.5) is 0 Å². The standard InChI is InChI=1S/C11H23N3O/c1-8(12)5-11(15)14-6-9(2)13(4)10(3)7-14/h8-10H,5-7,12H2,1-4H3. The average Bonchev–Trinajstić information content (AvgIpc) is 2.12. The quantitative estimate of drug-likeness (QED) is 0.716. The molecule has 0 saturated carbocycles. The van der Waals surface area contributed by atoms with Gasteiger partial charge in [-0.1, -0.05) is 0 Å². The monoisotopic (exact) mass is 213 g/mol. The Morgan fingerprint density at radius 3 is 2.27 bits per heavy atom. The molecule has 1 aliphatic rings. The van der Waals surface area contributed by atoms with E-state index < -0.39 is 0 Å². The summed E-state index contributed by atoms with van der Waals surface area (Å²) < 4.78 is 0. The summed E-state index contributed by atoms with van der Waals surface area (Å²) in [6.07, 6.45) is 0.461. The fourth-order valence-electron chi connectivity index (χ4n) is 2.01. The number of amides is 1. The third-order valence-corrected chi connectivity index (χ3v) is 3.21. The molecule has 88 valence electrons. The Kier molecular flexibility index (Phi) is 4.11. The van der Waals surface area contributed by atoms with Crippen LogP contribution in [0.5, 0.6) is 0 Å². The van der Waals surface area contributed by atoms with E-state index in [1.54, 1.807) is 0 Å². The van der Waals surface area contributed by atoms with Gasteiger partial charge in [-0.05, 0) is 27.8 Å². The first kappa shape index (κ1) is 12.5. The zero-order chi connectivity index (χ0) is 11.6. The minimum absolute atomic E-state index is 0.0391. The summed E-state index contributed by atoms with van der Waals surface area (Å²) in [7, 11) is 2.11. The number of carbonyl (C=O) groups is 1. The van der Waals surface area contributed by atoms with Gasteiger partial charge >= 0.3 is 0 Å². The highest BCUT2D eigenvalue weighted by Crippen LogP contribution is 2.14. The number of hydrogen-bond acceptors (Lipinski definition) is 3. The molecule has 0 spiro atoms. The Bertz CT molecular complexity index is 218. The van der Waals surface area contributed by atoms with Crippen LogP contribution in [0, 0.1) is 0 Å². The number of carbonyl (C=O) groups excluding carboxylic acids is 1. The van der Waals surface area contributed by atoms with Crippen LogP contribution in [-0.2, 0) is 4.79 Å². The molecule has 3 unspecified atom stereocenters. The van der Waals surface area contributed by atoms with E-state index in [0.717, 1.165) is 13.1 Å². The van der Waals surface area contributed by atoms with Crippen molar-refractivity contribution in [2.24, 2.45) is 5.73 Å². The molecule has 15 heavy (non-hydrogen) atoms. The number of nitrogens with two attached hydrogens (primary N) is 1. The van der Waals surface area contributed by atoms with E-state index in [1.165, 1.54) is 0 Å². The van der Waals surface area contributed by atoms with Crippen molar-refractivity contribution in [1.29, 1.82) is 0 Å². The largest absolute Gasteiger partial charge is 0.340 e. The number of likely N-dealkylation sites (N-methyl/N-ethyl adjacent to an activating group) is 1. The smallest absolute Gasteiger partial charge is 0.224 e. The SMILES string of the molecule is CC(N)CC(=O)N1CC(C)N(C)C(C)C1. The predicted molar refractivity (Wildman–Crippen MR) is 61.5 cm³/mol. The van der Waals surface area contributed by atoms with E-state index in [0.29, 0.717) is 18.5 Å². The second kappa shape index (κ2) is 4.94. The molecule has 0 aliphatic carbocycles. The average molecular weight is 213 g/mol. The lowest BCUT2D eigenvalue weighted by Crippen LogP contribution is -2.56. The maximum Gasteiger partial charge on any atom is 0.224 e. The second-order valence-electron chi connectivity index (χ2n) is 4.84. The lowest BCUT2D eigenvalue weighted by molar-refractivity contribution is -0.135. The predicted octanol–water partition coefficient (Wildman–Crippen LogP) is 0.275. The molecule has 3 atom stereocenters. The molecule has 0 aromatic rings. The second-order valence-corrected chi connectivity index (χ2v) is 4.84. The summed E-state index contributed by atoms with van der Waals surface area (Å²) in [4.78, 5) is 16.1. The van der Waals surface area contributed by atoms with Crippen molar-refractivity contribution >= 4 is 5.91 Å². The van der Waals surface area contributed by atoms with Gasteiger partial charge < -0.3 is 10.6 Å². The number of rotatable bonds is 2. The molecule has 1 rings (SSSR count). The van der Waals surface area contributed by atoms with Crippen LogP contribution in [0.15, 0.2) is 0 Å². The Morgan fingerprint density at radius 2 is 1.87 bits per heavy atom. The van der Waals surface area contributed by atoms with Crippen LogP contribution in [-0.4, -0.2) is 54.0 Å². The lowest BCUT2D eigenvalue weighted by atomic mass is 10.1. The highest BCUT2D eigenvalue weighted by molar-refractivity contribution is 5.77. The summed E-state index contributed by atoms with van der Waals surface area (Å²) >= 11 is 0. The zero-order valence-electron chi connectivity index (χ0n) is 10.2. The minimum atomic E-state index is -0.0391. The van der Waals surface area contributed by atoms with Crippen molar-refractivity contribution in [2.45, 2.75) is 45.3 Å². The topological polar surface area (TPSA) is 49.6 Å². The van der Waals surface area contributed by atoms with Crippen molar-refractivity contribution in [1.82, 2.24) is 9.80 Å². The number of hydrogen-bond donors (Lipinski definition) is 1. The van der Waals surface area contributed by atoms with Crippen LogP contribution in [0.3, 0.4) is 0 Å². The van der Waals surface area contributed by atoms with Crippen LogP contribution in [0.2, 0.25) is 0 Å². The molecule has 0 bridgehead atoms. The van der Waals surface area contributed by atoms with Gasteiger partial charge in [0.15, 0.2) is 0 Å². The first-order valence-electron chi connectivity index (χ1n) is 5.67. The number of nitrogens with zero attached hydrogens (tertiary/aromatic N) is 2. The third-order valence-electron chi connectivity index (χ3n) is 3.21. The van der Waals surface area contributed by atoms with E-state index in [2.05, 4.69) is 25.8 Å². The van der Waals surface area contributed by atoms with Gasteiger partial charge in [0.1, 0.15) is 0 Å². The van der Waals surface area contributed by atoms with Crippen LogP contribution in [0.25, 0.3) is 0 Å². The highest BCUT2D eigenvalue weighted by Gasteiger charge is 2.29. The highest BCUT2D eigenvalue weighted by atomic mass is 16.2. The van der Waals surface area contributed by atoms with Crippen LogP contribution < -0.4 is 5.73 Å². The van der Waals surface area contributed by atoms with Gasteiger partial charge in [0.05, 0.1) is 0 Å². The van der Waals surface area contributed by atoms with Gasteiger partial charge in [0.2, 0.25) is 5.91 Å². The van der Waals surface area contributed by atoms with Gasteiger partial charge in [-0.2, -0.15) is 0 Å². The Morgan fingerprint density at radius 1 is 1.40 bits per heavy atom. The maximum atomic E-state index is 11.8. The van der Waals surface area contributed by atoms with Gasteiger partial charge in [-0.15, -0.1) is 0 Å². The summed E-state index contributed by atoms with van der Waals surface area (Å²) in [5.74, 6) is 0.191. The molecule has 1 saturated heterocycles. The van der Waals surface area contributed by atoms with E-state index >= 15 is 0 Å². The molecule has 4 nitrogen and oxygen atoms in total. The fourth-order valence-corrected chi connectivity index (χ4v) is 2.01. The van der Waals surface area contributed by atoms with Crippen molar-refractivity contribution in [3.05, 3.63) is 0 Å². The summed E-state index contributed by atoms with van der Waals surface area (Å²) in [5.41, 5.74) is 5.64. The van der Waals surface area contributed by atoms with Crippen molar-refractivity contribution in [3.8, 4) is 0 Å². The minimum Gasteiger partial charge on any atom is -0.340 e. The first-order valence-corrected chi connectivity index (χ1v) is 5.67. The summed E-state index contributed by atoms with van der Waals surface area (Å²) in [5, 5.41) is 0. The van der Waals surface area contributed by atoms with Gasteiger partial charge in [-0.3, -0.25) is 9.69 Å². The Balaban J connectivity index is 2.54. The first-order chi connectivity index (χ1) is 6.91. The van der Waals surface area contributed by atoms with Crippen molar-refractivity contribution in [2.75, 3.05) is 20.1 Å². The molecular formula is C11H23N3O. The Hall–Kier alpha value is -0.610. The van der Waals surface area contributed by atoms with Crippen LogP contribution in [0.1, 0.15) is 27.2 Å². The molecule has 0 radical (unpaired) electrons. The molecular weight excluding hydrogens is 190 g/mol. The van der Waals surface area contributed by atoms with Gasteiger partial charge in [0.25, 0.3) is 0 Å². The van der Waals surface area contributed by atoms with Gasteiger partial charge in [0, 0.05) is 37.6 Å². The van der Waals surface area contributed by atoms with Crippen LogP contribution >= 0.6 is 0 Å². The van der Waals surface area contributed by atoms with E-state index in [4.69, 9.17) is 5.73 Å². The van der Waals surface area contributed by atoms with Gasteiger partial charge in [-0.25, -0.2) is 0 Å². The lowest BCUT2D eigenvalue weighted by Gasteiger charge is -2.42. The summed E-state index contributed by atoms with van der Waals surface area (Å²) in [6.45, 7) is 7.84. The van der Waals surface area contributed by atoms with E-state index in [9.17, 15) is 4.79 Å². The molecule has 1 aliphatic heterocycles. The maximum absolute atomic E-state index is 11.8. The molecule has 1 fully saturated rings. The molecule has 4 heteroatoms. The van der Waals surface area contributed by atoms with Crippen molar-refractivity contribution < 1.29 is 4.79 Å². The van der Waals surface area contributed by atoms with E-state index in [1.807, 2.05) is 11.8 Å². The molecule has 1 amide bonds. The van der Waals surface area contributed by atoms with E-state index in [-0.39, 0.29) is 11.9 Å². The molecule has 1 heterocycles. The molecule has 0 aromatic carbocycles. The summed E-state index contributed by atoms with van der Waals surface area (Å²) in [6, 6.07) is 0.833. The molecule has 0 aromatic heterocycles. The normalized spacial score (nSPS) is 30.3. The zero-order valence-corrected chi connectivity index (χ0v) is 10.2. The molecule has 2 N–H and O–H groups in total.